The minimum atomic E-state index is -0.148. The van der Waals surface area contributed by atoms with Crippen LogP contribution in [0.5, 0.6) is 0 Å². The van der Waals surface area contributed by atoms with Crippen LogP contribution in [0, 0.1) is 0 Å². The third kappa shape index (κ3) is 18.9. The van der Waals surface area contributed by atoms with Crippen LogP contribution < -0.4 is 0 Å². The van der Waals surface area contributed by atoms with E-state index in [2.05, 4.69) is 147 Å². The normalized spacial score (nSPS) is 17.2. The predicted octanol–water partition coefficient (Wildman–Crippen LogP) is 10.6. The molecule has 3 aromatic heterocycles. The van der Waals surface area contributed by atoms with Crippen molar-refractivity contribution in [2.45, 2.75) is 246 Å². The van der Waals surface area contributed by atoms with Gasteiger partial charge in [-0.15, -0.1) is 33.7 Å². The molecule has 2 atom stereocenters. The molecule has 5 rings (SSSR count). The molecular formula is C49H88N10O4S2. The van der Waals surface area contributed by atoms with E-state index in [1.165, 1.54) is 15.5 Å². The number of rotatable bonds is 8. The number of amides is 4. The van der Waals surface area contributed by atoms with E-state index >= 15 is 0 Å². The molecule has 0 saturated carbocycles. The summed E-state index contributed by atoms with van der Waals surface area (Å²) in [6, 6.07) is 2.55. The van der Waals surface area contributed by atoms with Crippen LogP contribution in [0.1, 0.15) is 208 Å². The fraction of sp³-hybridized carbons (Fsp3) is 0.776. The molecule has 2 unspecified atom stereocenters. The van der Waals surface area contributed by atoms with Crippen LogP contribution in [0.15, 0.2) is 24.7 Å². The van der Waals surface area contributed by atoms with Gasteiger partial charge >= 0.3 is 0 Å². The Labute approximate surface area is 401 Å². The summed E-state index contributed by atoms with van der Waals surface area (Å²) in [5.41, 5.74) is 3.63. The Morgan fingerprint density at radius 3 is 1.06 bits per heavy atom. The van der Waals surface area contributed by atoms with Crippen molar-refractivity contribution < 1.29 is 19.2 Å². The Balaban J connectivity index is 0.000000407. The van der Waals surface area contributed by atoms with Gasteiger partial charge in [-0.3, -0.25) is 33.7 Å². The molecule has 0 N–H and O–H groups in total. The number of likely N-dealkylation sites (tertiary alicyclic amines) is 2. The van der Waals surface area contributed by atoms with Gasteiger partial charge in [-0.05, 0) is 106 Å². The van der Waals surface area contributed by atoms with E-state index in [1.54, 1.807) is 23.5 Å². The first-order chi connectivity index (χ1) is 29.4. The highest BCUT2D eigenvalue weighted by molar-refractivity contribution is 8.01. The molecular weight excluding hydrogens is 857 g/mol. The number of thioether (sulfide) groups is 2. The molecule has 370 valence electrons. The predicted molar refractivity (Wildman–Crippen MR) is 270 cm³/mol. The van der Waals surface area contributed by atoms with Gasteiger partial charge in [0.2, 0.25) is 23.6 Å². The van der Waals surface area contributed by atoms with Crippen LogP contribution in [0.2, 0.25) is 0 Å². The number of carbonyl (C=O) groups excluding carboxylic acids is 4. The molecule has 14 nitrogen and oxygen atoms in total. The van der Waals surface area contributed by atoms with E-state index in [0.29, 0.717) is 35.3 Å². The minimum Gasteiger partial charge on any atom is -0.279 e. The number of hydrogen-bond acceptors (Lipinski definition) is 11. The Morgan fingerprint density at radius 2 is 0.877 bits per heavy atom. The van der Waals surface area contributed by atoms with Crippen LogP contribution >= 0.6 is 23.5 Å². The zero-order chi connectivity index (χ0) is 50.7. The Hall–Kier alpha value is -3.53. The van der Waals surface area contributed by atoms with Gasteiger partial charge in [0.1, 0.15) is 0 Å². The molecule has 0 radical (unpaired) electrons. The lowest BCUT2D eigenvalue weighted by atomic mass is 9.93. The Morgan fingerprint density at radius 1 is 0.538 bits per heavy atom. The first kappa shape index (κ1) is 59.5. The number of imide groups is 2. The summed E-state index contributed by atoms with van der Waals surface area (Å²) in [4.78, 5) is 49.4. The van der Waals surface area contributed by atoms with Crippen molar-refractivity contribution >= 4 is 47.2 Å². The van der Waals surface area contributed by atoms with Crippen molar-refractivity contribution in [3.05, 3.63) is 41.7 Å². The van der Waals surface area contributed by atoms with Gasteiger partial charge in [-0.25, -0.2) is 9.36 Å². The molecule has 2 aliphatic heterocycles. The van der Waals surface area contributed by atoms with Crippen molar-refractivity contribution in [1.82, 2.24) is 49.6 Å². The number of hydrogen-bond donors (Lipinski definition) is 0. The molecule has 5 heterocycles. The van der Waals surface area contributed by atoms with Crippen LogP contribution in [0.3, 0.4) is 0 Å². The first-order valence-electron chi connectivity index (χ1n) is 23.3. The Bertz CT molecular complexity index is 1760. The summed E-state index contributed by atoms with van der Waals surface area (Å²) in [6.45, 7) is 49.9. The number of aromatic nitrogens is 8. The van der Waals surface area contributed by atoms with E-state index < -0.39 is 0 Å². The second-order valence-electron chi connectivity index (χ2n) is 22.5. The quantitative estimate of drug-likeness (QED) is 0.198. The largest absolute Gasteiger partial charge is 0.279 e. The summed E-state index contributed by atoms with van der Waals surface area (Å²) in [6.07, 6.45) is 6.68. The van der Waals surface area contributed by atoms with Crippen LogP contribution in [-0.4, -0.2) is 106 Å². The molecule has 2 aliphatic rings. The number of nitrogens with zero attached hydrogens (tertiary/aromatic N) is 10. The molecule has 65 heavy (non-hydrogen) atoms. The third-order valence-corrected chi connectivity index (χ3v) is 12.4. The lowest BCUT2D eigenvalue weighted by Gasteiger charge is -2.19. The van der Waals surface area contributed by atoms with Gasteiger partial charge in [-0.2, -0.15) is 5.10 Å². The highest BCUT2D eigenvalue weighted by atomic mass is 32.2. The zero-order valence-electron chi connectivity index (χ0n) is 44.8. The van der Waals surface area contributed by atoms with Gasteiger partial charge in [0.05, 0.1) is 33.0 Å². The van der Waals surface area contributed by atoms with Crippen LogP contribution in [-0.2, 0) is 41.1 Å². The Kier molecular flexibility index (Phi) is 22.4. The second kappa shape index (κ2) is 24.5. The first-order valence-corrected chi connectivity index (χ1v) is 25.2. The summed E-state index contributed by atoms with van der Waals surface area (Å²) in [5.74, 6) is 0.499. The average molecular weight is 945 g/mol. The van der Waals surface area contributed by atoms with Crippen LogP contribution in [0.25, 0.3) is 0 Å². The topological polar surface area (TPSA) is 154 Å². The molecule has 0 aromatic carbocycles. The fourth-order valence-corrected chi connectivity index (χ4v) is 8.53. The van der Waals surface area contributed by atoms with Crippen molar-refractivity contribution in [3.63, 3.8) is 0 Å². The highest BCUT2D eigenvalue weighted by Crippen LogP contribution is 2.31. The van der Waals surface area contributed by atoms with Gasteiger partial charge in [0, 0.05) is 66.1 Å². The van der Waals surface area contributed by atoms with Crippen molar-refractivity contribution in [2.75, 3.05) is 0 Å². The van der Waals surface area contributed by atoms with E-state index in [0.717, 1.165) is 11.4 Å². The van der Waals surface area contributed by atoms with E-state index in [1.807, 2.05) is 83.3 Å². The van der Waals surface area contributed by atoms with Gasteiger partial charge < -0.3 is 0 Å². The summed E-state index contributed by atoms with van der Waals surface area (Å²) in [7, 11) is 0. The van der Waals surface area contributed by atoms with Gasteiger partial charge in [0.25, 0.3) is 0 Å². The average Bonchev–Trinajstić information content (AvgIpc) is 3.96. The summed E-state index contributed by atoms with van der Waals surface area (Å²) < 4.78 is 5.89. The van der Waals surface area contributed by atoms with E-state index in [9.17, 15) is 19.2 Å². The van der Waals surface area contributed by atoms with E-state index in [4.69, 9.17) is 0 Å². The zero-order valence-corrected chi connectivity index (χ0v) is 46.4. The molecule has 0 spiro atoms. The monoisotopic (exact) mass is 945 g/mol. The SMILES string of the molecule is CC(C)(C)c1cn(C(C)(C)C)nn1.CC(C)(C)c1cn(C(C)(C)C)nn1.CC(C)SC1CC(=O)N(C(C)C)C1=O.CC(C)SC1CC(=O)N(C(C)C)C1=O.CC(C)c1ccnn1C(C)C. The lowest BCUT2D eigenvalue weighted by Crippen LogP contribution is -2.37. The van der Waals surface area contributed by atoms with Crippen molar-refractivity contribution in [2.24, 2.45) is 0 Å². The summed E-state index contributed by atoms with van der Waals surface area (Å²) in [5, 5.41) is 21.3. The smallest absolute Gasteiger partial charge is 0.243 e. The molecule has 0 bridgehead atoms. The van der Waals surface area contributed by atoms with Gasteiger partial charge in [0.15, 0.2) is 0 Å². The second-order valence-corrected chi connectivity index (χ2v) is 26.1. The molecule has 2 saturated heterocycles. The molecule has 0 aliphatic carbocycles. The molecule has 3 aromatic rings. The molecule has 2 fully saturated rings. The van der Waals surface area contributed by atoms with Crippen molar-refractivity contribution in [1.29, 1.82) is 0 Å². The van der Waals surface area contributed by atoms with Crippen molar-refractivity contribution in [3.8, 4) is 0 Å². The molecule has 4 amide bonds. The fourth-order valence-electron chi connectivity index (χ4n) is 6.28. The van der Waals surface area contributed by atoms with Gasteiger partial charge in [-0.1, -0.05) is 93.5 Å². The minimum absolute atomic E-state index is 0.00670. The lowest BCUT2D eigenvalue weighted by molar-refractivity contribution is -0.141. The maximum atomic E-state index is 11.8. The maximum Gasteiger partial charge on any atom is 0.243 e. The number of carbonyl (C=O) groups is 4. The third-order valence-electron chi connectivity index (χ3n) is 9.87. The van der Waals surface area contributed by atoms with E-state index in [-0.39, 0.29) is 68.1 Å². The molecule has 16 heteroatoms. The maximum absolute atomic E-state index is 11.8. The highest BCUT2D eigenvalue weighted by Gasteiger charge is 2.41. The standard InChI is InChI=1S/2C10H19N3.2C10H17NO2S.C9H16N2/c2*1-9(2,3)8-7-13(12-11-8)10(4,5)6;2*1-6(2)11-9(12)5-8(10(11)13)14-7(3)4;1-7(2)9-5-6-10-11(9)8(3)4/h2*7H,1-6H3;2*6-8H,5H2,1-4H3;5-8H,1-4H3. The van der Waals surface area contributed by atoms with Crippen LogP contribution in [0.4, 0.5) is 0 Å². The summed E-state index contributed by atoms with van der Waals surface area (Å²) >= 11 is 3.17.